The van der Waals surface area contributed by atoms with Gasteiger partial charge in [0.05, 0.1) is 11.9 Å². The van der Waals surface area contributed by atoms with Gasteiger partial charge in [0.25, 0.3) is 0 Å². The van der Waals surface area contributed by atoms with Gasteiger partial charge in [-0.3, -0.25) is 10.1 Å². The van der Waals surface area contributed by atoms with Crippen molar-refractivity contribution in [2.45, 2.75) is 46.1 Å². The zero-order chi connectivity index (χ0) is 14.9. The second-order valence-electron chi connectivity index (χ2n) is 5.56. The van der Waals surface area contributed by atoms with Crippen LogP contribution in [0, 0.1) is 5.92 Å². The molecule has 2 heterocycles. The summed E-state index contributed by atoms with van der Waals surface area (Å²) in [5, 5.41) is 10.8. The van der Waals surface area contributed by atoms with Crippen molar-refractivity contribution in [2.75, 3.05) is 6.54 Å². The normalized spacial score (nSPS) is 12.5. The Kier molecular flexibility index (Phi) is 6.41. The van der Waals surface area contributed by atoms with E-state index in [0.29, 0.717) is 0 Å². The van der Waals surface area contributed by atoms with E-state index in [-0.39, 0.29) is 0 Å². The summed E-state index contributed by atoms with van der Waals surface area (Å²) in [7, 11) is 0. The smallest absolute Gasteiger partial charge is 0.0710 e. The van der Waals surface area contributed by atoms with Crippen molar-refractivity contribution in [3.05, 3.63) is 36.3 Å². The van der Waals surface area contributed by atoms with Crippen molar-refractivity contribution in [3.8, 4) is 11.3 Å². The number of nitrogens with zero attached hydrogens (tertiary/aromatic N) is 2. The third kappa shape index (κ3) is 4.67. The second kappa shape index (κ2) is 8.57. The molecular formula is C17H26N4. The highest BCUT2D eigenvalue weighted by Crippen LogP contribution is 2.19. The van der Waals surface area contributed by atoms with Crippen molar-refractivity contribution in [3.63, 3.8) is 0 Å². The highest BCUT2D eigenvalue weighted by atomic mass is 15.1. The molecule has 0 aliphatic rings. The average Bonchev–Trinajstić information content (AvgIpc) is 3.00. The maximum Gasteiger partial charge on any atom is 0.0710 e. The molecule has 0 bridgehead atoms. The lowest BCUT2D eigenvalue weighted by Gasteiger charge is -2.15. The average molecular weight is 286 g/mol. The summed E-state index contributed by atoms with van der Waals surface area (Å²) in [6, 6.07) is 4.01. The first kappa shape index (κ1) is 15.7. The van der Waals surface area contributed by atoms with Crippen molar-refractivity contribution in [2.24, 2.45) is 5.92 Å². The lowest BCUT2D eigenvalue weighted by molar-refractivity contribution is 0.419. The van der Waals surface area contributed by atoms with Gasteiger partial charge in [-0.15, -0.1) is 0 Å². The first-order chi connectivity index (χ1) is 10.3. The van der Waals surface area contributed by atoms with Crippen LogP contribution >= 0.6 is 0 Å². The number of pyridine rings is 1. The number of H-pyrrole nitrogens is 1. The van der Waals surface area contributed by atoms with Crippen LogP contribution in [0.3, 0.4) is 0 Å². The van der Waals surface area contributed by atoms with E-state index < -0.39 is 0 Å². The minimum atomic E-state index is 0.777. The molecule has 2 aromatic rings. The number of aromatic amines is 1. The predicted octanol–water partition coefficient (Wildman–Crippen LogP) is 3.78. The molecule has 114 valence electrons. The molecule has 21 heavy (non-hydrogen) atoms. The van der Waals surface area contributed by atoms with Gasteiger partial charge in [-0.25, -0.2) is 0 Å². The van der Waals surface area contributed by atoms with E-state index in [4.69, 9.17) is 0 Å². The van der Waals surface area contributed by atoms with Crippen LogP contribution < -0.4 is 5.32 Å². The van der Waals surface area contributed by atoms with Gasteiger partial charge in [-0.2, -0.15) is 5.10 Å². The van der Waals surface area contributed by atoms with Crippen LogP contribution in [0.5, 0.6) is 0 Å². The van der Waals surface area contributed by atoms with Crippen molar-refractivity contribution >= 4 is 0 Å². The van der Waals surface area contributed by atoms with Crippen molar-refractivity contribution < 1.29 is 0 Å². The number of unbranched alkanes of at least 4 members (excludes halogenated alkanes) is 1. The van der Waals surface area contributed by atoms with Gasteiger partial charge in [-0.1, -0.05) is 33.1 Å². The molecule has 1 unspecified atom stereocenters. The molecule has 0 radical (unpaired) electrons. The standard InChI is InChI=1S/C17H26N4/c1-3-5-7-14(4-2)10-19-12-16-13-20-21-17(16)15-8-6-9-18-11-15/h6,8-9,11,13-14,19H,3-5,7,10,12H2,1-2H3,(H,20,21). The predicted molar refractivity (Wildman–Crippen MR) is 86.8 cm³/mol. The summed E-state index contributed by atoms with van der Waals surface area (Å²) in [4.78, 5) is 4.17. The Hall–Kier alpha value is -1.68. The van der Waals surface area contributed by atoms with Crippen LogP contribution in [-0.2, 0) is 6.54 Å². The van der Waals surface area contributed by atoms with Crippen LogP contribution in [0.15, 0.2) is 30.7 Å². The van der Waals surface area contributed by atoms with Gasteiger partial charge in [0, 0.05) is 30.1 Å². The molecule has 0 aliphatic heterocycles. The number of hydrogen-bond acceptors (Lipinski definition) is 3. The van der Waals surface area contributed by atoms with Crippen LogP contribution in [0.4, 0.5) is 0 Å². The highest BCUT2D eigenvalue weighted by molar-refractivity contribution is 5.61. The third-order valence-corrected chi connectivity index (χ3v) is 3.96. The lowest BCUT2D eigenvalue weighted by atomic mass is 9.99. The number of aromatic nitrogens is 3. The Morgan fingerprint density at radius 2 is 2.19 bits per heavy atom. The third-order valence-electron chi connectivity index (χ3n) is 3.96. The highest BCUT2D eigenvalue weighted by Gasteiger charge is 2.09. The van der Waals surface area contributed by atoms with Gasteiger partial charge in [0.2, 0.25) is 0 Å². The quantitative estimate of drug-likeness (QED) is 0.737. The Morgan fingerprint density at radius 1 is 1.29 bits per heavy atom. The summed E-state index contributed by atoms with van der Waals surface area (Å²) < 4.78 is 0. The fourth-order valence-electron chi connectivity index (χ4n) is 2.56. The fraction of sp³-hybridized carbons (Fsp3) is 0.529. The monoisotopic (exact) mass is 286 g/mol. The molecule has 4 nitrogen and oxygen atoms in total. The van der Waals surface area contributed by atoms with E-state index >= 15 is 0 Å². The van der Waals surface area contributed by atoms with E-state index in [2.05, 4.69) is 40.4 Å². The van der Waals surface area contributed by atoms with E-state index in [1.54, 1.807) is 6.20 Å². The summed E-state index contributed by atoms with van der Waals surface area (Å²) in [5.74, 6) is 0.777. The van der Waals surface area contributed by atoms with Crippen LogP contribution in [0.25, 0.3) is 11.3 Å². The van der Waals surface area contributed by atoms with Gasteiger partial charge in [0.1, 0.15) is 0 Å². The molecular weight excluding hydrogens is 260 g/mol. The van der Waals surface area contributed by atoms with Gasteiger partial charge >= 0.3 is 0 Å². The molecule has 0 aliphatic carbocycles. The summed E-state index contributed by atoms with van der Waals surface area (Å²) >= 11 is 0. The minimum absolute atomic E-state index is 0.777. The molecule has 2 rings (SSSR count). The molecule has 1 atom stereocenters. The van der Waals surface area contributed by atoms with Crippen molar-refractivity contribution in [1.29, 1.82) is 0 Å². The Balaban J connectivity index is 1.88. The number of hydrogen-bond donors (Lipinski definition) is 2. The molecule has 0 fully saturated rings. The molecule has 0 saturated carbocycles. The zero-order valence-corrected chi connectivity index (χ0v) is 13.1. The maximum atomic E-state index is 4.17. The number of nitrogens with one attached hydrogen (secondary N) is 2. The first-order valence-electron chi connectivity index (χ1n) is 7.98. The Bertz CT molecular complexity index is 507. The topological polar surface area (TPSA) is 53.6 Å². The van der Waals surface area contributed by atoms with Crippen LogP contribution in [0.2, 0.25) is 0 Å². The van der Waals surface area contributed by atoms with E-state index in [1.165, 1.54) is 31.2 Å². The second-order valence-corrected chi connectivity index (χ2v) is 5.56. The van der Waals surface area contributed by atoms with E-state index in [9.17, 15) is 0 Å². The molecule has 0 aromatic carbocycles. The van der Waals surface area contributed by atoms with Crippen LogP contribution in [0.1, 0.15) is 45.1 Å². The molecule has 2 N–H and O–H groups in total. The number of rotatable bonds is 9. The first-order valence-corrected chi connectivity index (χ1v) is 7.98. The zero-order valence-electron chi connectivity index (χ0n) is 13.1. The minimum Gasteiger partial charge on any atom is -0.312 e. The summed E-state index contributed by atoms with van der Waals surface area (Å²) in [6.07, 6.45) is 10.7. The summed E-state index contributed by atoms with van der Waals surface area (Å²) in [6.45, 7) is 6.46. The van der Waals surface area contributed by atoms with Gasteiger partial charge in [0.15, 0.2) is 0 Å². The lowest BCUT2D eigenvalue weighted by Crippen LogP contribution is -2.22. The SMILES string of the molecule is CCCCC(CC)CNCc1cn[nH]c1-c1cccnc1. The van der Waals surface area contributed by atoms with Gasteiger partial charge < -0.3 is 5.32 Å². The van der Waals surface area contributed by atoms with E-state index in [0.717, 1.165) is 30.3 Å². The molecule has 2 aromatic heterocycles. The van der Waals surface area contributed by atoms with E-state index in [1.807, 2.05) is 18.5 Å². The summed E-state index contributed by atoms with van der Waals surface area (Å²) in [5.41, 5.74) is 3.36. The molecule has 0 saturated heterocycles. The Morgan fingerprint density at radius 3 is 2.90 bits per heavy atom. The van der Waals surface area contributed by atoms with Gasteiger partial charge in [-0.05, 0) is 31.0 Å². The molecule has 4 heteroatoms. The largest absolute Gasteiger partial charge is 0.312 e. The van der Waals surface area contributed by atoms with Crippen molar-refractivity contribution in [1.82, 2.24) is 20.5 Å². The maximum absolute atomic E-state index is 4.17. The van der Waals surface area contributed by atoms with Crippen LogP contribution in [-0.4, -0.2) is 21.7 Å². The molecule has 0 amide bonds. The Labute approximate surface area is 127 Å². The molecule has 0 spiro atoms. The fourth-order valence-corrected chi connectivity index (χ4v) is 2.56.